The summed E-state index contributed by atoms with van der Waals surface area (Å²) >= 11 is 3.58. The topological polar surface area (TPSA) is 55.1 Å². The number of hydrogen-bond donors (Lipinski definition) is 1. The van der Waals surface area contributed by atoms with Gasteiger partial charge in [-0.1, -0.05) is 28.8 Å². The Kier molecular flexibility index (Phi) is 5.02. The number of carbonyl (C=O) groups is 1. The van der Waals surface area contributed by atoms with E-state index in [2.05, 4.69) is 26.2 Å². The fraction of sp³-hybridized carbons (Fsp3) is 0.714. The lowest BCUT2D eigenvalue weighted by Crippen LogP contribution is -2.34. The zero-order chi connectivity index (χ0) is 13.8. The molecule has 106 valence electrons. The zero-order valence-corrected chi connectivity index (χ0v) is 13.1. The normalized spacial score (nSPS) is 23.3. The molecule has 1 saturated carbocycles. The largest absolute Gasteiger partial charge is 0.436 e. The third-order valence-electron chi connectivity index (χ3n) is 3.90. The molecule has 2 unspecified atom stereocenters. The Morgan fingerprint density at radius 3 is 2.63 bits per heavy atom. The van der Waals surface area contributed by atoms with E-state index in [1.54, 1.807) is 13.8 Å². The second-order valence-corrected chi connectivity index (χ2v) is 5.96. The Hall–Kier alpha value is -0.840. The van der Waals surface area contributed by atoms with Crippen molar-refractivity contribution in [2.24, 2.45) is 11.8 Å². The second kappa shape index (κ2) is 6.55. The highest BCUT2D eigenvalue weighted by Gasteiger charge is 2.25. The number of amides is 1. The van der Waals surface area contributed by atoms with Crippen LogP contribution < -0.4 is 5.32 Å². The van der Waals surface area contributed by atoms with Crippen LogP contribution in [0, 0.1) is 25.7 Å². The predicted molar refractivity (Wildman–Crippen MR) is 77.6 cm³/mol. The van der Waals surface area contributed by atoms with Gasteiger partial charge in [0.05, 0.1) is 5.69 Å². The molecule has 0 bridgehead atoms. The van der Waals surface area contributed by atoms with E-state index in [-0.39, 0.29) is 5.91 Å². The summed E-state index contributed by atoms with van der Waals surface area (Å²) in [6, 6.07) is 0. The summed E-state index contributed by atoms with van der Waals surface area (Å²) < 4.78 is 5.34. The van der Waals surface area contributed by atoms with E-state index in [1.807, 2.05) is 0 Å². The summed E-state index contributed by atoms with van der Waals surface area (Å²) in [6.07, 6.45) is 5.03. The lowest BCUT2D eigenvalue weighted by atomic mass is 9.80. The molecule has 0 saturated heterocycles. The monoisotopic (exact) mass is 328 g/mol. The molecule has 1 fully saturated rings. The van der Waals surface area contributed by atoms with Crippen molar-refractivity contribution in [2.75, 3.05) is 11.9 Å². The Labute approximate surface area is 122 Å². The fourth-order valence-electron chi connectivity index (χ4n) is 2.80. The maximum Gasteiger partial charge on any atom is 0.289 e. The molecule has 2 atom stereocenters. The van der Waals surface area contributed by atoms with Gasteiger partial charge in [0.15, 0.2) is 5.89 Å². The smallest absolute Gasteiger partial charge is 0.289 e. The number of alkyl halides is 1. The van der Waals surface area contributed by atoms with Gasteiger partial charge in [-0.25, -0.2) is 4.98 Å². The van der Waals surface area contributed by atoms with Gasteiger partial charge >= 0.3 is 0 Å². The van der Waals surface area contributed by atoms with Crippen LogP contribution in [0.3, 0.4) is 0 Å². The van der Waals surface area contributed by atoms with Crippen LogP contribution in [0.4, 0.5) is 0 Å². The highest BCUT2D eigenvalue weighted by Crippen LogP contribution is 2.30. The van der Waals surface area contributed by atoms with E-state index in [0.29, 0.717) is 29.2 Å². The molecular formula is C14H21BrN2O2. The summed E-state index contributed by atoms with van der Waals surface area (Å²) in [7, 11) is 0. The summed E-state index contributed by atoms with van der Waals surface area (Å²) in [5.41, 5.74) is 0.663. The second-order valence-electron chi connectivity index (χ2n) is 5.32. The van der Waals surface area contributed by atoms with Crippen molar-refractivity contribution in [3.05, 3.63) is 17.3 Å². The van der Waals surface area contributed by atoms with Gasteiger partial charge in [0.25, 0.3) is 5.91 Å². The number of halogens is 1. The Balaban J connectivity index is 1.91. The Morgan fingerprint density at radius 2 is 2.05 bits per heavy atom. The lowest BCUT2D eigenvalue weighted by Gasteiger charge is -2.30. The number of oxazole rings is 1. The van der Waals surface area contributed by atoms with Crippen LogP contribution >= 0.6 is 15.9 Å². The molecule has 5 heteroatoms. The summed E-state index contributed by atoms with van der Waals surface area (Å²) in [5, 5.41) is 4.02. The number of rotatable bonds is 4. The van der Waals surface area contributed by atoms with Gasteiger partial charge in [0.1, 0.15) is 0 Å². The van der Waals surface area contributed by atoms with Gasteiger partial charge in [-0.3, -0.25) is 4.79 Å². The van der Waals surface area contributed by atoms with Crippen LogP contribution in [0.2, 0.25) is 0 Å². The molecule has 1 heterocycles. The number of nitrogens with zero attached hydrogens (tertiary/aromatic N) is 1. The molecule has 1 aliphatic carbocycles. The molecule has 0 radical (unpaired) electrons. The van der Waals surface area contributed by atoms with Crippen molar-refractivity contribution in [3.63, 3.8) is 0 Å². The maximum absolute atomic E-state index is 12.1. The molecule has 4 nitrogen and oxygen atoms in total. The summed E-state index contributed by atoms with van der Waals surface area (Å²) in [6.45, 7) is 4.29. The average molecular weight is 329 g/mol. The van der Waals surface area contributed by atoms with Gasteiger partial charge in [0.2, 0.25) is 5.76 Å². The quantitative estimate of drug-likeness (QED) is 0.863. The Bertz CT molecular complexity index is 445. The van der Waals surface area contributed by atoms with Gasteiger partial charge < -0.3 is 9.73 Å². The van der Waals surface area contributed by atoms with Gasteiger partial charge in [-0.2, -0.15) is 0 Å². The number of aryl methyl sites for hydroxylation is 2. The third-order valence-corrected chi connectivity index (χ3v) is 4.73. The molecule has 0 spiro atoms. The molecule has 1 aromatic rings. The molecule has 1 amide bonds. The third kappa shape index (κ3) is 3.59. The van der Waals surface area contributed by atoms with Crippen molar-refractivity contribution in [2.45, 2.75) is 39.5 Å². The van der Waals surface area contributed by atoms with Crippen molar-refractivity contribution >= 4 is 21.8 Å². The van der Waals surface area contributed by atoms with E-state index in [0.717, 1.165) is 11.9 Å². The van der Waals surface area contributed by atoms with E-state index in [9.17, 15) is 4.79 Å². The number of carbonyl (C=O) groups excluding carboxylic acids is 1. The molecular weight excluding hydrogens is 308 g/mol. The van der Waals surface area contributed by atoms with Crippen LogP contribution in [0.25, 0.3) is 0 Å². The van der Waals surface area contributed by atoms with Crippen LogP contribution in [-0.2, 0) is 0 Å². The van der Waals surface area contributed by atoms with E-state index >= 15 is 0 Å². The standard InChI is InChI=1S/C14H21BrN2O2/c1-9-13(19-10(2)17-9)14(18)16-8-12-6-4-3-5-11(12)7-15/h11-12H,3-8H2,1-2H3,(H,16,18). The fourth-order valence-corrected chi connectivity index (χ4v) is 3.65. The van der Waals surface area contributed by atoms with Crippen molar-refractivity contribution < 1.29 is 9.21 Å². The molecule has 1 aliphatic rings. The summed E-state index contributed by atoms with van der Waals surface area (Å²) in [4.78, 5) is 16.2. The van der Waals surface area contributed by atoms with E-state index < -0.39 is 0 Å². The van der Waals surface area contributed by atoms with Gasteiger partial charge in [-0.15, -0.1) is 0 Å². The molecule has 19 heavy (non-hydrogen) atoms. The van der Waals surface area contributed by atoms with Gasteiger partial charge in [-0.05, 0) is 31.6 Å². The number of aromatic nitrogens is 1. The predicted octanol–water partition coefficient (Wildman–Crippen LogP) is 3.22. The molecule has 0 aliphatic heterocycles. The molecule has 1 aromatic heterocycles. The van der Waals surface area contributed by atoms with Crippen molar-refractivity contribution in [1.29, 1.82) is 0 Å². The minimum Gasteiger partial charge on any atom is -0.436 e. The van der Waals surface area contributed by atoms with Crippen LogP contribution in [-0.4, -0.2) is 22.8 Å². The summed E-state index contributed by atoms with van der Waals surface area (Å²) in [5.74, 6) is 1.99. The average Bonchev–Trinajstić information content (AvgIpc) is 2.75. The lowest BCUT2D eigenvalue weighted by molar-refractivity contribution is 0.0907. The molecule has 2 rings (SSSR count). The highest BCUT2D eigenvalue weighted by atomic mass is 79.9. The highest BCUT2D eigenvalue weighted by molar-refractivity contribution is 9.09. The number of nitrogens with one attached hydrogen (secondary N) is 1. The van der Waals surface area contributed by atoms with Crippen LogP contribution in [0.1, 0.15) is 47.8 Å². The minimum atomic E-state index is -0.142. The number of hydrogen-bond acceptors (Lipinski definition) is 3. The maximum atomic E-state index is 12.1. The minimum absolute atomic E-state index is 0.142. The first-order valence-electron chi connectivity index (χ1n) is 6.90. The first kappa shape index (κ1) is 14.6. The molecule has 0 aromatic carbocycles. The SMILES string of the molecule is Cc1nc(C)c(C(=O)NCC2CCCCC2CBr)o1. The van der Waals surface area contributed by atoms with Gasteiger partial charge in [0, 0.05) is 18.8 Å². The first-order chi connectivity index (χ1) is 9.11. The Morgan fingerprint density at radius 1 is 1.37 bits per heavy atom. The van der Waals surface area contributed by atoms with Crippen LogP contribution in [0.5, 0.6) is 0 Å². The van der Waals surface area contributed by atoms with E-state index in [4.69, 9.17) is 4.42 Å². The van der Waals surface area contributed by atoms with Crippen molar-refractivity contribution in [3.8, 4) is 0 Å². The van der Waals surface area contributed by atoms with E-state index in [1.165, 1.54) is 25.7 Å². The van der Waals surface area contributed by atoms with Crippen molar-refractivity contribution in [1.82, 2.24) is 10.3 Å². The van der Waals surface area contributed by atoms with Crippen LogP contribution in [0.15, 0.2) is 4.42 Å². The first-order valence-corrected chi connectivity index (χ1v) is 8.02. The zero-order valence-electron chi connectivity index (χ0n) is 11.5. The molecule has 1 N–H and O–H groups in total.